The second-order valence-corrected chi connectivity index (χ2v) is 3.54. The Morgan fingerprint density at radius 3 is 2.54 bits per heavy atom. The predicted octanol–water partition coefficient (Wildman–Crippen LogP) is 0.290. The van der Waals surface area contributed by atoms with Crippen molar-refractivity contribution in [2.45, 2.75) is 13.0 Å². The van der Waals surface area contributed by atoms with Crippen LogP contribution in [0.4, 0.5) is 0 Å². The summed E-state index contributed by atoms with van der Waals surface area (Å²) in [6.07, 6.45) is 2.03. The molecule has 0 amide bonds. The molecule has 2 N–H and O–H groups in total. The lowest BCUT2D eigenvalue weighted by atomic mass is 10.2. The number of imidazole rings is 1. The lowest BCUT2D eigenvalue weighted by Crippen LogP contribution is -2.27. The molecule has 0 radical (unpaired) electrons. The van der Waals surface area contributed by atoms with Crippen molar-refractivity contribution in [2.75, 3.05) is 20.6 Å². The van der Waals surface area contributed by atoms with Crippen LogP contribution in [0.3, 0.4) is 0 Å². The van der Waals surface area contributed by atoms with Gasteiger partial charge in [-0.3, -0.25) is 4.90 Å². The van der Waals surface area contributed by atoms with Gasteiger partial charge in [0.2, 0.25) is 0 Å². The molecule has 0 aliphatic rings. The zero-order chi connectivity index (χ0) is 10.0. The average molecular weight is 182 g/mol. The van der Waals surface area contributed by atoms with Crippen LogP contribution in [0.25, 0.3) is 0 Å². The van der Waals surface area contributed by atoms with Gasteiger partial charge >= 0.3 is 0 Å². The average Bonchev–Trinajstić information content (AvgIpc) is 2.32. The maximum Gasteiger partial charge on any atom is 0.105 e. The molecule has 1 atom stereocenters. The summed E-state index contributed by atoms with van der Waals surface area (Å²) in [5.74, 6) is 1.02. The van der Waals surface area contributed by atoms with Crippen molar-refractivity contribution < 1.29 is 0 Å². The molecular formula is C9H18N4. The molecule has 13 heavy (non-hydrogen) atoms. The molecule has 0 spiro atoms. The summed E-state index contributed by atoms with van der Waals surface area (Å²) in [5, 5.41) is 0. The van der Waals surface area contributed by atoms with Gasteiger partial charge in [0.05, 0.1) is 11.7 Å². The Labute approximate surface area is 79.4 Å². The van der Waals surface area contributed by atoms with Crippen molar-refractivity contribution in [1.82, 2.24) is 14.5 Å². The van der Waals surface area contributed by atoms with E-state index in [0.29, 0.717) is 6.54 Å². The minimum Gasteiger partial charge on any atom is -0.338 e. The van der Waals surface area contributed by atoms with Crippen LogP contribution in [-0.4, -0.2) is 35.1 Å². The fourth-order valence-corrected chi connectivity index (χ4v) is 1.34. The van der Waals surface area contributed by atoms with Gasteiger partial charge in [0.25, 0.3) is 0 Å². The lowest BCUT2D eigenvalue weighted by molar-refractivity contribution is 0.300. The smallest absolute Gasteiger partial charge is 0.105 e. The van der Waals surface area contributed by atoms with Crippen LogP contribution < -0.4 is 5.73 Å². The van der Waals surface area contributed by atoms with Crippen molar-refractivity contribution in [3.05, 3.63) is 17.7 Å². The Balaban J connectivity index is 2.92. The highest BCUT2D eigenvalue weighted by Gasteiger charge is 2.15. The molecule has 1 aromatic rings. The molecule has 0 saturated heterocycles. The summed E-state index contributed by atoms with van der Waals surface area (Å²) >= 11 is 0. The molecule has 0 bridgehead atoms. The summed E-state index contributed by atoms with van der Waals surface area (Å²) in [4.78, 5) is 6.53. The third-order valence-electron chi connectivity index (χ3n) is 2.32. The van der Waals surface area contributed by atoms with Gasteiger partial charge in [-0.1, -0.05) is 0 Å². The number of likely N-dealkylation sites (N-methyl/N-ethyl adjacent to an activating group) is 1. The fraction of sp³-hybridized carbons (Fsp3) is 0.667. The molecular weight excluding hydrogens is 164 g/mol. The number of aromatic nitrogens is 2. The van der Waals surface area contributed by atoms with E-state index in [2.05, 4.69) is 9.88 Å². The van der Waals surface area contributed by atoms with Crippen LogP contribution in [0.1, 0.15) is 17.6 Å². The van der Waals surface area contributed by atoms with Gasteiger partial charge in [0.1, 0.15) is 5.82 Å². The van der Waals surface area contributed by atoms with Crippen LogP contribution >= 0.6 is 0 Å². The van der Waals surface area contributed by atoms with Gasteiger partial charge in [-0.25, -0.2) is 4.98 Å². The standard InChI is InChI=1S/C9H18N4/c1-7-11-8(6-13(7)4)9(5-10)12(2)3/h6,9H,5,10H2,1-4H3. The second kappa shape index (κ2) is 3.89. The topological polar surface area (TPSA) is 47.1 Å². The highest BCUT2D eigenvalue weighted by molar-refractivity contribution is 5.08. The Hall–Kier alpha value is -0.870. The molecule has 1 heterocycles. The first-order valence-corrected chi connectivity index (χ1v) is 4.42. The van der Waals surface area contributed by atoms with Crippen LogP contribution in [-0.2, 0) is 7.05 Å². The minimum atomic E-state index is 0.222. The number of nitrogens with zero attached hydrogens (tertiary/aromatic N) is 3. The van der Waals surface area contributed by atoms with Crippen LogP contribution in [0.5, 0.6) is 0 Å². The lowest BCUT2D eigenvalue weighted by Gasteiger charge is -2.20. The van der Waals surface area contributed by atoms with Gasteiger partial charge in [0, 0.05) is 19.8 Å². The summed E-state index contributed by atoms with van der Waals surface area (Å²) in [5.41, 5.74) is 6.72. The number of hydrogen-bond acceptors (Lipinski definition) is 3. The van der Waals surface area contributed by atoms with Gasteiger partial charge in [-0.2, -0.15) is 0 Å². The molecule has 1 rings (SSSR count). The van der Waals surface area contributed by atoms with Gasteiger partial charge < -0.3 is 10.3 Å². The van der Waals surface area contributed by atoms with Crippen molar-refractivity contribution in [1.29, 1.82) is 0 Å². The first-order valence-electron chi connectivity index (χ1n) is 4.42. The highest BCUT2D eigenvalue weighted by Crippen LogP contribution is 2.15. The number of hydrogen-bond donors (Lipinski definition) is 1. The van der Waals surface area contributed by atoms with Crippen LogP contribution in [0.2, 0.25) is 0 Å². The Morgan fingerprint density at radius 1 is 1.62 bits per heavy atom. The van der Waals surface area contributed by atoms with Crippen molar-refractivity contribution in [2.24, 2.45) is 12.8 Å². The fourth-order valence-electron chi connectivity index (χ4n) is 1.34. The molecule has 74 valence electrons. The van der Waals surface area contributed by atoms with Crippen molar-refractivity contribution in [3.8, 4) is 0 Å². The predicted molar refractivity (Wildman–Crippen MR) is 53.4 cm³/mol. The van der Waals surface area contributed by atoms with E-state index in [1.165, 1.54) is 0 Å². The molecule has 1 aromatic heterocycles. The monoisotopic (exact) mass is 182 g/mol. The van der Waals surface area contributed by atoms with E-state index < -0.39 is 0 Å². The third kappa shape index (κ3) is 2.08. The van der Waals surface area contributed by atoms with E-state index in [4.69, 9.17) is 5.73 Å². The molecule has 0 aliphatic heterocycles. The maximum absolute atomic E-state index is 5.67. The largest absolute Gasteiger partial charge is 0.338 e. The molecule has 0 aromatic carbocycles. The van der Waals surface area contributed by atoms with Crippen molar-refractivity contribution in [3.63, 3.8) is 0 Å². The normalized spacial score (nSPS) is 13.7. The van der Waals surface area contributed by atoms with E-state index in [1.54, 1.807) is 0 Å². The first-order chi connectivity index (χ1) is 6.06. The summed E-state index contributed by atoms with van der Waals surface area (Å²) in [7, 11) is 6.03. The zero-order valence-corrected chi connectivity index (χ0v) is 8.78. The zero-order valence-electron chi connectivity index (χ0n) is 8.78. The van der Waals surface area contributed by atoms with E-state index in [-0.39, 0.29) is 6.04 Å². The summed E-state index contributed by atoms with van der Waals surface area (Å²) < 4.78 is 2.02. The van der Waals surface area contributed by atoms with Gasteiger partial charge in [-0.05, 0) is 21.0 Å². The summed E-state index contributed by atoms with van der Waals surface area (Å²) in [6, 6.07) is 0.222. The highest BCUT2D eigenvalue weighted by atomic mass is 15.1. The van der Waals surface area contributed by atoms with Gasteiger partial charge in [-0.15, -0.1) is 0 Å². The molecule has 0 fully saturated rings. The third-order valence-corrected chi connectivity index (χ3v) is 2.32. The maximum atomic E-state index is 5.67. The molecule has 0 aliphatic carbocycles. The molecule has 0 saturated carbocycles. The number of rotatable bonds is 3. The van der Waals surface area contributed by atoms with E-state index >= 15 is 0 Å². The number of nitrogens with two attached hydrogens (primary N) is 1. The van der Waals surface area contributed by atoms with Crippen LogP contribution in [0.15, 0.2) is 6.20 Å². The van der Waals surface area contributed by atoms with E-state index in [1.807, 2.05) is 38.8 Å². The minimum absolute atomic E-state index is 0.222. The molecule has 4 nitrogen and oxygen atoms in total. The quantitative estimate of drug-likeness (QED) is 0.731. The van der Waals surface area contributed by atoms with Crippen LogP contribution in [0, 0.1) is 6.92 Å². The van der Waals surface area contributed by atoms with Gasteiger partial charge in [0.15, 0.2) is 0 Å². The SMILES string of the molecule is Cc1nc(C(CN)N(C)C)cn1C. The Bertz CT molecular complexity index is 258. The van der Waals surface area contributed by atoms with E-state index in [0.717, 1.165) is 11.5 Å². The Morgan fingerprint density at radius 2 is 2.23 bits per heavy atom. The Kier molecular flexibility index (Phi) is 3.06. The first kappa shape index (κ1) is 10.2. The summed E-state index contributed by atoms with van der Waals surface area (Å²) in [6.45, 7) is 2.59. The van der Waals surface area contributed by atoms with Crippen molar-refractivity contribution >= 4 is 0 Å². The second-order valence-electron chi connectivity index (χ2n) is 3.54. The molecule has 4 heteroatoms. The van der Waals surface area contributed by atoms with E-state index in [9.17, 15) is 0 Å². The number of aryl methyl sites for hydroxylation is 2. The molecule has 1 unspecified atom stereocenters.